The minimum Gasteiger partial charge on any atom is -0.456 e. The molecule has 0 saturated heterocycles. The van der Waals surface area contributed by atoms with Crippen LogP contribution < -0.4 is 10.2 Å². The summed E-state index contributed by atoms with van der Waals surface area (Å²) in [5.41, 5.74) is 28.9. The summed E-state index contributed by atoms with van der Waals surface area (Å²) < 4.78 is 12.4. The van der Waals surface area contributed by atoms with E-state index in [0.717, 1.165) is 72.3 Å². The molecule has 458 valence electrons. The quantitative estimate of drug-likeness (QED) is 0.131. The molecule has 0 amide bonds. The molecule has 2 heterocycles. The molecule has 1 N–H and O–H groups in total. The minimum absolute atomic E-state index is 0.0667. The molecule has 0 atom stereocenters. The lowest BCUT2D eigenvalue weighted by Crippen LogP contribution is -2.16. The predicted octanol–water partition coefficient (Wildman–Crippen LogP) is 26.1. The Bertz CT molecular complexity index is 5310. The van der Waals surface area contributed by atoms with Gasteiger partial charge in [-0.1, -0.05) is 259 Å². The minimum atomic E-state index is -0.187. The lowest BCUT2D eigenvalue weighted by molar-refractivity contribution is 0.647. The molecule has 4 nitrogen and oxygen atoms in total. The van der Waals surface area contributed by atoms with Gasteiger partial charge in [0, 0.05) is 65.8 Å². The third-order valence-electron chi connectivity index (χ3n) is 19.0. The summed E-state index contributed by atoms with van der Waals surface area (Å²) >= 11 is 6.24. The molecule has 95 heavy (non-hydrogen) atoms. The van der Waals surface area contributed by atoms with Crippen molar-refractivity contribution in [2.24, 2.45) is 0 Å². The number of hydrogen-bond donors (Lipinski definition) is 1. The van der Waals surface area contributed by atoms with Crippen molar-refractivity contribution in [3.63, 3.8) is 0 Å². The van der Waals surface area contributed by atoms with Crippen LogP contribution >= 0.6 is 11.6 Å². The maximum Gasteiger partial charge on any atom is 0.135 e. The highest BCUT2D eigenvalue weighted by atomic mass is 35.5. The van der Waals surface area contributed by atoms with Crippen molar-refractivity contribution in [3.8, 4) is 55.6 Å². The fraction of sp³-hybridized carbons (Fsp3) is 0.0667. The van der Waals surface area contributed by atoms with E-state index in [1.54, 1.807) is 6.08 Å². The summed E-state index contributed by atoms with van der Waals surface area (Å²) in [6, 6.07) is 105. The summed E-state index contributed by atoms with van der Waals surface area (Å²) in [5, 5.41) is 8.91. The maximum atomic E-state index is 6.32. The van der Waals surface area contributed by atoms with E-state index in [2.05, 4.69) is 318 Å². The van der Waals surface area contributed by atoms with Crippen LogP contribution in [0.4, 0.5) is 28.4 Å². The van der Waals surface area contributed by atoms with Gasteiger partial charge in [-0.2, -0.15) is 0 Å². The van der Waals surface area contributed by atoms with Crippen LogP contribution in [-0.4, -0.2) is 0 Å². The monoisotopic (exact) mass is 1240 g/mol. The van der Waals surface area contributed by atoms with Crippen LogP contribution in [0.5, 0.6) is 0 Å². The molecule has 15 aromatic rings. The Labute approximate surface area is 560 Å². The van der Waals surface area contributed by atoms with Gasteiger partial charge in [-0.25, -0.2) is 0 Å². The van der Waals surface area contributed by atoms with Gasteiger partial charge >= 0.3 is 0 Å². The number of anilines is 5. The molecule has 2 aliphatic carbocycles. The third-order valence-corrected chi connectivity index (χ3v) is 19.3. The van der Waals surface area contributed by atoms with Gasteiger partial charge in [0.05, 0.1) is 0 Å². The highest BCUT2D eigenvalue weighted by molar-refractivity contribution is 6.30. The number of benzene rings is 13. The molecule has 0 aliphatic heterocycles. The van der Waals surface area contributed by atoms with Gasteiger partial charge in [0.25, 0.3) is 0 Å². The van der Waals surface area contributed by atoms with Gasteiger partial charge in [0.15, 0.2) is 0 Å². The Kier molecular flexibility index (Phi) is 15.7. The number of furan rings is 2. The Morgan fingerprint density at radius 1 is 0.358 bits per heavy atom. The standard InChI is InChI=1S/C45H33NO.C24H21N.C21H15ClO/c1-45(2)41-27-36(25-26-37(41)39-28-40-38-15-9-10-16-43(38)47-44(40)29-42(39)45)46(34-21-17-32(18-22-34)30-11-5-3-6-12-30)35-23-19-33(20-24-35)31-13-7-4-8-14-31;1-3-8-19(4-2)21-11-15-23(16-12-21)25-24-17-13-22(14-18-24)20-9-6-5-7-10-20;1-21(2)17-9-12(22)7-8-13(17)15-10-16-14-5-3-4-6-19(14)23-20(16)11-18(15)21/h3-29H,1-2H3;3-18,25H,1-2H2;3-11H,1-2H3/b;19-8+;. The molecule has 2 aliphatic rings. The van der Waals surface area contributed by atoms with Crippen LogP contribution in [0, 0.1) is 0 Å². The van der Waals surface area contributed by atoms with Gasteiger partial charge in [-0.05, 0) is 198 Å². The Morgan fingerprint density at radius 3 is 1.19 bits per heavy atom. The second kappa shape index (κ2) is 24.9. The summed E-state index contributed by atoms with van der Waals surface area (Å²) in [7, 11) is 0. The number of para-hydroxylation sites is 2. The van der Waals surface area contributed by atoms with Crippen LogP contribution in [0.3, 0.4) is 0 Å². The van der Waals surface area contributed by atoms with Crippen LogP contribution in [-0.2, 0) is 10.8 Å². The van der Waals surface area contributed by atoms with E-state index < -0.39 is 0 Å². The summed E-state index contributed by atoms with van der Waals surface area (Å²) in [6.07, 6.45) is 5.57. The molecule has 0 bridgehead atoms. The molecule has 0 spiro atoms. The molecule has 0 radical (unpaired) electrons. The van der Waals surface area contributed by atoms with Gasteiger partial charge in [0.1, 0.15) is 22.3 Å². The van der Waals surface area contributed by atoms with Crippen molar-refractivity contribution in [2.45, 2.75) is 38.5 Å². The summed E-state index contributed by atoms with van der Waals surface area (Å²) in [5.74, 6) is 0. The van der Waals surface area contributed by atoms with E-state index in [0.29, 0.717) is 0 Å². The van der Waals surface area contributed by atoms with Gasteiger partial charge in [0.2, 0.25) is 0 Å². The van der Waals surface area contributed by atoms with E-state index in [4.69, 9.17) is 20.4 Å². The largest absolute Gasteiger partial charge is 0.456 e. The zero-order valence-corrected chi connectivity index (χ0v) is 54.3. The van der Waals surface area contributed by atoms with Crippen molar-refractivity contribution < 1.29 is 8.83 Å². The second-order valence-corrected chi connectivity index (χ2v) is 26.0. The fourth-order valence-corrected chi connectivity index (χ4v) is 14.2. The Morgan fingerprint density at radius 2 is 0.737 bits per heavy atom. The highest BCUT2D eigenvalue weighted by Gasteiger charge is 2.38. The number of allylic oxidation sites excluding steroid dienone is 4. The smallest absolute Gasteiger partial charge is 0.135 e. The van der Waals surface area contributed by atoms with Crippen LogP contribution in [0.2, 0.25) is 5.02 Å². The van der Waals surface area contributed by atoms with Crippen LogP contribution in [0.15, 0.2) is 337 Å². The van der Waals surface area contributed by atoms with E-state index in [1.807, 2.05) is 42.5 Å². The van der Waals surface area contributed by atoms with Crippen molar-refractivity contribution >= 4 is 89.5 Å². The average molecular weight is 1250 g/mol. The lowest BCUT2D eigenvalue weighted by Gasteiger charge is -2.28. The van der Waals surface area contributed by atoms with E-state index in [-0.39, 0.29) is 10.8 Å². The first kappa shape index (κ1) is 59.8. The van der Waals surface area contributed by atoms with Crippen molar-refractivity contribution in [1.29, 1.82) is 0 Å². The second-order valence-electron chi connectivity index (χ2n) is 25.5. The van der Waals surface area contributed by atoms with Crippen LogP contribution in [0.1, 0.15) is 55.5 Å². The molecule has 5 heteroatoms. The number of fused-ring (bicyclic) bond motifs is 12. The number of nitrogens with one attached hydrogen (secondary N) is 1. The van der Waals surface area contributed by atoms with E-state index >= 15 is 0 Å². The van der Waals surface area contributed by atoms with Gasteiger partial charge in [-0.15, -0.1) is 0 Å². The van der Waals surface area contributed by atoms with Gasteiger partial charge < -0.3 is 19.1 Å². The van der Waals surface area contributed by atoms with Crippen molar-refractivity contribution in [3.05, 3.63) is 361 Å². The molecule has 0 saturated carbocycles. The predicted molar refractivity (Wildman–Crippen MR) is 403 cm³/mol. The molecule has 17 rings (SSSR count). The molecule has 2 aromatic heterocycles. The average Bonchev–Trinajstić information content (AvgIpc) is 1.48. The van der Waals surface area contributed by atoms with Crippen molar-refractivity contribution in [1.82, 2.24) is 0 Å². The summed E-state index contributed by atoms with van der Waals surface area (Å²) in [4.78, 5) is 2.38. The van der Waals surface area contributed by atoms with E-state index in [9.17, 15) is 0 Å². The molecule has 0 fully saturated rings. The first-order valence-corrected chi connectivity index (χ1v) is 32.7. The third kappa shape index (κ3) is 11.3. The number of nitrogens with zero attached hydrogens (tertiary/aromatic N) is 1. The van der Waals surface area contributed by atoms with Gasteiger partial charge in [-0.3, -0.25) is 0 Å². The zero-order valence-electron chi connectivity index (χ0n) is 53.6. The first-order chi connectivity index (χ1) is 46.4. The normalized spacial score (nSPS) is 13.0. The molecular weight excluding hydrogens is 1180 g/mol. The maximum absolute atomic E-state index is 6.32. The molecular formula is C90H69ClN2O2. The number of hydrogen-bond acceptors (Lipinski definition) is 4. The number of rotatable bonds is 11. The highest BCUT2D eigenvalue weighted by Crippen LogP contribution is 2.54. The van der Waals surface area contributed by atoms with Crippen LogP contribution in [0.25, 0.3) is 105 Å². The topological polar surface area (TPSA) is 41.6 Å². The Hall–Kier alpha value is -11.4. The summed E-state index contributed by atoms with van der Waals surface area (Å²) in [6.45, 7) is 16.8. The fourth-order valence-electron chi connectivity index (χ4n) is 14.0. The van der Waals surface area contributed by atoms with Crippen molar-refractivity contribution in [2.75, 3.05) is 10.2 Å². The number of halogens is 1. The molecule has 13 aromatic carbocycles. The SMILES string of the molecule is C=C/C=C(\C=C)c1ccc(Nc2ccc(-c3ccccc3)cc2)cc1.CC1(C)c2cc(Cl)ccc2-c2cc3c(cc21)oc1ccccc13.CC1(C)c2cc(N(c3ccc(-c4ccccc4)cc3)c3ccc(-c4ccccc4)cc3)ccc2-c2cc3c(cc21)oc1ccccc13. The zero-order chi connectivity index (χ0) is 64.8. The Balaban J connectivity index is 0.000000130. The van der Waals surface area contributed by atoms with E-state index in [1.165, 1.54) is 94.0 Å². The molecule has 0 unspecified atom stereocenters. The first-order valence-electron chi connectivity index (χ1n) is 32.4. The lowest BCUT2D eigenvalue weighted by atomic mass is 9.82.